The molecule has 1 saturated heterocycles. The molecular formula is C14H20N2O5S. The first kappa shape index (κ1) is 16.6. The van der Waals surface area contributed by atoms with Crippen molar-refractivity contribution in [2.75, 3.05) is 26.5 Å². The molecule has 0 aliphatic carbocycles. The molecule has 1 atom stereocenters. The summed E-state index contributed by atoms with van der Waals surface area (Å²) < 4.78 is 32.7. The molecule has 22 heavy (non-hydrogen) atoms. The summed E-state index contributed by atoms with van der Waals surface area (Å²) in [6, 6.07) is 5.37. The van der Waals surface area contributed by atoms with Gasteiger partial charge in [0.2, 0.25) is 15.9 Å². The van der Waals surface area contributed by atoms with Gasteiger partial charge in [0, 0.05) is 37.1 Å². The van der Waals surface area contributed by atoms with E-state index < -0.39 is 10.0 Å². The number of amides is 1. The molecule has 1 heterocycles. The molecule has 2 N–H and O–H groups in total. The van der Waals surface area contributed by atoms with Crippen molar-refractivity contribution in [3.05, 3.63) is 23.8 Å². The Balaban J connectivity index is 2.09. The van der Waals surface area contributed by atoms with E-state index in [-0.39, 0.29) is 24.0 Å². The zero-order valence-electron chi connectivity index (χ0n) is 12.6. The van der Waals surface area contributed by atoms with Crippen molar-refractivity contribution < 1.29 is 22.7 Å². The first-order valence-electron chi connectivity index (χ1n) is 6.81. The molecule has 0 saturated carbocycles. The SMILES string of the molecule is COc1ccc(CN2CC(CS(N)(=O)=O)CC2=O)c(OC)c1. The second-order valence-corrected chi connectivity index (χ2v) is 7.01. The molecule has 0 spiro atoms. The van der Waals surface area contributed by atoms with Gasteiger partial charge in [-0.2, -0.15) is 0 Å². The summed E-state index contributed by atoms with van der Waals surface area (Å²) in [4.78, 5) is 13.6. The van der Waals surface area contributed by atoms with E-state index in [1.165, 1.54) is 0 Å². The molecule has 122 valence electrons. The number of ether oxygens (including phenoxy) is 2. The Kier molecular flexibility index (Phi) is 4.92. The van der Waals surface area contributed by atoms with E-state index in [0.717, 1.165) is 5.56 Å². The van der Waals surface area contributed by atoms with Crippen molar-refractivity contribution in [2.24, 2.45) is 11.1 Å². The Morgan fingerprint density at radius 1 is 1.32 bits per heavy atom. The zero-order chi connectivity index (χ0) is 16.3. The Morgan fingerprint density at radius 3 is 2.64 bits per heavy atom. The fourth-order valence-corrected chi connectivity index (χ4v) is 3.52. The molecule has 0 radical (unpaired) electrons. The number of carbonyl (C=O) groups excluding carboxylic acids is 1. The van der Waals surface area contributed by atoms with Crippen molar-refractivity contribution in [1.29, 1.82) is 0 Å². The van der Waals surface area contributed by atoms with Gasteiger partial charge in [-0.3, -0.25) is 4.79 Å². The lowest BCUT2D eigenvalue weighted by Gasteiger charge is -2.19. The highest BCUT2D eigenvalue weighted by molar-refractivity contribution is 7.89. The summed E-state index contributed by atoms with van der Waals surface area (Å²) in [6.45, 7) is 0.748. The van der Waals surface area contributed by atoms with Crippen LogP contribution in [0.1, 0.15) is 12.0 Å². The molecule has 8 heteroatoms. The van der Waals surface area contributed by atoms with Crippen LogP contribution in [-0.4, -0.2) is 45.7 Å². The van der Waals surface area contributed by atoms with Crippen LogP contribution in [-0.2, 0) is 21.4 Å². The number of primary sulfonamides is 1. The van der Waals surface area contributed by atoms with Crippen LogP contribution in [0, 0.1) is 5.92 Å². The Hall–Kier alpha value is -1.80. The van der Waals surface area contributed by atoms with Crippen molar-refractivity contribution in [3.63, 3.8) is 0 Å². The molecule has 0 bridgehead atoms. The van der Waals surface area contributed by atoms with Crippen molar-refractivity contribution in [1.82, 2.24) is 4.90 Å². The minimum atomic E-state index is -3.57. The monoisotopic (exact) mass is 328 g/mol. The minimum Gasteiger partial charge on any atom is -0.497 e. The largest absolute Gasteiger partial charge is 0.497 e. The molecule has 2 rings (SSSR count). The van der Waals surface area contributed by atoms with Crippen LogP contribution < -0.4 is 14.6 Å². The van der Waals surface area contributed by atoms with Crippen molar-refractivity contribution >= 4 is 15.9 Å². The van der Waals surface area contributed by atoms with Crippen LogP contribution in [0.2, 0.25) is 0 Å². The maximum atomic E-state index is 12.0. The Morgan fingerprint density at radius 2 is 2.05 bits per heavy atom. The third-order valence-corrected chi connectivity index (χ3v) is 4.55. The van der Waals surface area contributed by atoms with E-state index in [0.29, 0.717) is 24.6 Å². The number of carbonyl (C=O) groups is 1. The molecule has 0 aromatic heterocycles. The number of hydrogen-bond acceptors (Lipinski definition) is 5. The summed E-state index contributed by atoms with van der Waals surface area (Å²) >= 11 is 0. The summed E-state index contributed by atoms with van der Waals surface area (Å²) in [5, 5.41) is 5.04. The number of nitrogens with two attached hydrogens (primary N) is 1. The highest BCUT2D eigenvalue weighted by Crippen LogP contribution is 2.28. The predicted octanol–water partition coefficient (Wildman–Crippen LogP) is 0.341. The number of methoxy groups -OCH3 is 2. The number of sulfonamides is 1. The van der Waals surface area contributed by atoms with Crippen molar-refractivity contribution in [3.8, 4) is 11.5 Å². The molecule has 7 nitrogen and oxygen atoms in total. The fraction of sp³-hybridized carbons (Fsp3) is 0.500. The van der Waals surface area contributed by atoms with Crippen LogP contribution >= 0.6 is 0 Å². The average Bonchev–Trinajstić information content (AvgIpc) is 2.76. The number of hydrogen-bond donors (Lipinski definition) is 1. The molecule has 1 amide bonds. The maximum absolute atomic E-state index is 12.0. The van der Waals surface area contributed by atoms with Gasteiger partial charge in [0.15, 0.2) is 0 Å². The summed E-state index contributed by atoms with van der Waals surface area (Å²) in [5.41, 5.74) is 0.841. The van der Waals surface area contributed by atoms with Crippen LogP contribution in [0.5, 0.6) is 11.5 Å². The lowest BCUT2D eigenvalue weighted by atomic mass is 10.1. The number of rotatable bonds is 6. The van der Waals surface area contributed by atoms with E-state index in [9.17, 15) is 13.2 Å². The zero-order valence-corrected chi connectivity index (χ0v) is 13.4. The quantitative estimate of drug-likeness (QED) is 0.812. The topological polar surface area (TPSA) is 98.9 Å². The molecule has 1 aliphatic rings. The highest BCUT2D eigenvalue weighted by Gasteiger charge is 2.32. The molecule has 1 aliphatic heterocycles. The summed E-state index contributed by atoms with van der Waals surface area (Å²) in [6.07, 6.45) is 0.203. The van der Waals surface area contributed by atoms with Crippen molar-refractivity contribution in [2.45, 2.75) is 13.0 Å². The van der Waals surface area contributed by atoms with Gasteiger partial charge in [-0.05, 0) is 12.1 Å². The minimum absolute atomic E-state index is 0.0773. The smallest absolute Gasteiger partial charge is 0.223 e. The molecular weight excluding hydrogens is 308 g/mol. The first-order chi connectivity index (χ1) is 10.3. The third kappa shape index (κ3) is 4.11. The molecule has 1 aromatic rings. The van der Waals surface area contributed by atoms with Gasteiger partial charge >= 0.3 is 0 Å². The van der Waals surface area contributed by atoms with Gasteiger partial charge in [-0.15, -0.1) is 0 Å². The van der Waals surface area contributed by atoms with E-state index in [1.807, 2.05) is 6.07 Å². The summed E-state index contributed by atoms with van der Waals surface area (Å²) in [5.74, 6) is 0.787. The number of likely N-dealkylation sites (tertiary alicyclic amines) is 1. The van der Waals surface area contributed by atoms with Gasteiger partial charge in [0.25, 0.3) is 0 Å². The van der Waals surface area contributed by atoms with Crippen LogP contribution in [0.4, 0.5) is 0 Å². The van der Waals surface area contributed by atoms with E-state index in [4.69, 9.17) is 14.6 Å². The van der Waals surface area contributed by atoms with Gasteiger partial charge in [-0.1, -0.05) is 0 Å². The van der Waals surface area contributed by atoms with Gasteiger partial charge in [0.1, 0.15) is 11.5 Å². The van der Waals surface area contributed by atoms with Crippen LogP contribution in [0.25, 0.3) is 0 Å². The van der Waals surface area contributed by atoms with Gasteiger partial charge in [-0.25, -0.2) is 13.6 Å². The van der Waals surface area contributed by atoms with E-state index in [1.54, 1.807) is 31.3 Å². The lowest BCUT2D eigenvalue weighted by Crippen LogP contribution is -2.27. The first-order valence-corrected chi connectivity index (χ1v) is 8.53. The second kappa shape index (κ2) is 6.53. The summed E-state index contributed by atoms with van der Waals surface area (Å²) in [7, 11) is -0.454. The van der Waals surface area contributed by atoms with Crippen LogP contribution in [0.3, 0.4) is 0 Å². The second-order valence-electron chi connectivity index (χ2n) is 5.35. The number of benzene rings is 1. The molecule has 1 aromatic carbocycles. The maximum Gasteiger partial charge on any atom is 0.223 e. The highest BCUT2D eigenvalue weighted by atomic mass is 32.2. The standard InChI is InChI=1S/C14H20N2O5S/c1-20-12-4-3-11(13(6-12)21-2)8-16-7-10(5-14(16)17)9-22(15,18)19/h3-4,6,10H,5,7-9H2,1-2H3,(H2,15,18,19). The lowest BCUT2D eigenvalue weighted by molar-refractivity contribution is -0.128. The predicted molar refractivity (Wildman–Crippen MR) is 81.0 cm³/mol. The van der Waals surface area contributed by atoms with E-state index in [2.05, 4.69) is 0 Å². The third-order valence-electron chi connectivity index (χ3n) is 3.62. The average molecular weight is 328 g/mol. The Labute approximate surface area is 130 Å². The van der Waals surface area contributed by atoms with Gasteiger partial charge < -0.3 is 14.4 Å². The number of nitrogens with zero attached hydrogens (tertiary/aromatic N) is 1. The normalized spacial score (nSPS) is 18.6. The molecule has 1 fully saturated rings. The molecule has 1 unspecified atom stereocenters. The van der Waals surface area contributed by atoms with Gasteiger partial charge in [0.05, 0.1) is 20.0 Å². The Bertz CT molecular complexity index is 659. The van der Waals surface area contributed by atoms with E-state index >= 15 is 0 Å². The van der Waals surface area contributed by atoms with Crippen LogP contribution in [0.15, 0.2) is 18.2 Å². The fourth-order valence-electron chi connectivity index (χ4n) is 2.64.